The van der Waals surface area contributed by atoms with E-state index in [1.165, 1.54) is 11.8 Å². The normalized spacial score (nSPS) is 10.4. The molecule has 0 fully saturated rings. The molecule has 0 aliphatic carbocycles. The van der Waals surface area contributed by atoms with Gasteiger partial charge in [-0.15, -0.1) is 10.2 Å². The maximum atomic E-state index is 11.9. The lowest BCUT2D eigenvalue weighted by Gasteiger charge is -2.17. The van der Waals surface area contributed by atoms with Crippen molar-refractivity contribution in [2.75, 3.05) is 18.8 Å². The fourth-order valence-electron chi connectivity index (χ4n) is 1.96. The highest BCUT2D eigenvalue weighted by Crippen LogP contribution is 2.19. The molecule has 0 bridgehead atoms. The van der Waals surface area contributed by atoms with Crippen molar-refractivity contribution >= 4 is 17.7 Å². The van der Waals surface area contributed by atoms with Crippen molar-refractivity contribution in [3.05, 3.63) is 42.5 Å². The Morgan fingerprint density at radius 3 is 2.33 bits per heavy atom. The van der Waals surface area contributed by atoms with Gasteiger partial charge < -0.3 is 4.90 Å². The van der Waals surface area contributed by atoms with Crippen LogP contribution in [0.3, 0.4) is 0 Å². The fourth-order valence-corrected chi connectivity index (χ4v) is 2.68. The van der Waals surface area contributed by atoms with Crippen LogP contribution < -0.4 is 0 Å². The highest BCUT2D eigenvalue weighted by molar-refractivity contribution is 7.99. The number of benzene rings is 1. The molecule has 2 aromatic rings. The lowest BCUT2D eigenvalue weighted by molar-refractivity contribution is -0.127. The first-order valence-corrected chi connectivity index (χ1v) is 8.02. The lowest BCUT2D eigenvalue weighted by Crippen LogP contribution is -2.31. The third-order valence-corrected chi connectivity index (χ3v) is 4.07. The van der Waals surface area contributed by atoms with Gasteiger partial charge in [0, 0.05) is 18.7 Å². The number of hydrogen-bond acceptors (Lipinski definition) is 4. The van der Waals surface area contributed by atoms with Gasteiger partial charge in [-0.2, -0.15) is 0 Å². The van der Waals surface area contributed by atoms with E-state index >= 15 is 0 Å². The van der Waals surface area contributed by atoms with Crippen molar-refractivity contribution in [3.8, 4) is 11.3 Å². The van der Waals surface area contributed by atoms with E-state index < -0.39 is 0 Å². The molecule has 1 aromatic heterocycles. The summed E-state index contributed by atoms with van der Waals surface area (Å²) in [5.74, 6) is 0.542. The van der Waals surface area contributed by atoms with Crippen LogP contribution in [0, 0.1) is 0 Å². The van der Waals surface area contributed by atoms with Gasteiger partial charge in [0.25, 0.3) is 0 Å². The van der Waals surface area contributed by atoms with Crippen LogP contribution in [0.4, 0.5) is 0 Å². The van der Waals surface area contributed by atoms with Gasteiger partial charge in [-0.1, -0.05) is 42.1 Å². The second kappa shape index (κ2) is 7.78. The Balaban J connectivity index is 1.96. The van der Waals surface area contributed by atoms with Gasteiger partial charge in [-0.25, -0.2) is 0 Å². The van der Waals surface area contributed by atoms with Gasteiger partial charge in [0.1, 0.15) is 5.03 Å². The first-order chi connectivity index (χ1) is 10.2. The van der Waals surface area contributed by atoms with Gasteiger partial charge >= 0.3 is 0 Å². The van der Waals surface area contributed by atoms with Crippen molar-refractivity contribution in [3.63, 3.8) is 0 Å². The van der Waals surface area contributed by atoms with Crippen molar-refractivity contribution in [2.45, 2.75) is 18.9 Å². The molecule has 0 N–H and O–H groups in total. The predicted molar refractivity (Wildman–Crippen MR) is 86.1 cm³/mol. The molecular formula is C16H19N3OS. The van der Waals surface area contributed by atoms with Crippen LogP contribution in [0.2, 0.25) is 0 Å². The maximum Gasteiger partial charge on any atom is 0.232 e. The molecule has 0 saturated carbocycles. The Labute approximate surface area is 129 Å². The summed E-state index contributed by atoms with van der Waals surface area (Å²) >= 11 is 1.43. The summed E-state index contributed by atoms with van der Waals surface area (Å²) in [6.07, 6.45) is 0. The number of hydrogen-bond donors (Lipinski definition) is 0. The average Bonchev–Trinajstić information content (AvgIpc) is 2.55. The van der Waals surface area contributed by atoms with E-state index in [9.17, 15) is 4.79 Å². The van der Waals surface area contributed by atoms with E-state index in [1.807, 2.05) is 61.2 Å². The molecule has 0 spiro atoms. The van der Waals surface area contributed by atoms with Crippen LogP contribution in [0.25, 0.3) is 11.3 Å². The molecule has 1 amide bonds. The number of amides is 1. The summed E-state index contributed by atoms with van der Waals surface area (Å²) in [4.78, 5) is 13.7. The minimum absolute atomic E-state index is 0.138. The number of rotatable bonds is 6. The van der Waals surface area contributed by atoms with Gasteiger partial charge in [-0.05, 0) is 26.0 Å². The topological polar surface area (TPSA) is 46.1 Å². The van der Waals surface area contributed by atoms with E-state index in [1.54, 1.807) is 0 Å². The largest absolute Gasteiger partial charge is 0.343 e. The van der Waals surface area contributed by atoms with Crippen molar-refractivity contribution in [1.82, 2.24) is 15.1 Å². The highest BCUT2D eigenvalue weighted by atomic mass is 32.2. The molecule has 0 unspecified atom stereocenters. The van der Waals surface area contributed by atoms with Crippen LogP contribution >= 0.6 is 11.8 Å². The van der Waals surface area contributed by atoms with Gasteiger partial charge in [0.15, 0.2) is 0 Å². The Bertz CT molecular complexity index is 568. The standard InChI is InChI=1S/C16H19N3OS/c1-3-19(4-2)16(20)12-21-15-11-10-14(17-18-15)13-8-6-5-7-9-13/h5-11H,3-4,12H2,1-2H3. The third kappa shape index (κ3) is 4.29. The highest BCUT2D eigenvalue weighted by Gasteiger charge is 2.10. The van der Waals surface area contributed by atoms with Crippen LogP contribution in [0.15, 0.2) is 47.5 Å². The average molecular weight is 301 g/mol. The SMILES string of the molecule is CCN(CC)C(=O)CSc1ccc(-c2ccccc2)nn1. The quantitative estimate of drug-likeness (QED) is 0.769. The molecule has 0 aliphatic rings. The molecule has 21 heavy (non-hydrogen) atoms. The van der Waals surface area contributed by atoms with Crippen LogP contribution in [0.5, 0.6) is 0 Å². The number of carbonyl (C=O) groups is 1. The molecule has 5 heteroatoms. The molecule has 0 radical (unpaired) electrons. The molecule has 1 aromatic carbocycles. The zero-order valence-corrected chi connectivity index (χ0v) is 13.1. The zero-order chi connectivity index (χ0) is 15.1. The monoisotopic (exact) mass is 301 g/mol. The molecule has 0 saturated heterocycles. The Morgan fingerprint density at radius 2 is 1.76 bits per heavy atom. The van der Waals surface area contributed by atoms with Gasteiger partial charge in [-0.3, -0.25) is 4.79 Å². The van der Waals surface area contributed by atoms with Crippen molar-refractivity contribution in [1.29, 1.82) is 0 Å². The van der Waals surface area contributed by atoms with Crippen molar-refractivity contribution in [2.24, 2.45) is 0 Å². The first-order valence-electron chi connectivity index (χ1n) is 7.04. The number of nitrogens with zero attached hydrogens (tertiary/aromatic N) is 3. The molecule has 1 heterocycles. The number of aromatic nitrogens is 2. The smallest absolute Gasteiger partial charge is 0.232 e. The van der Waals surface area contributed by atoms with Crippen LogP contribution in [0.1, 0.15) is 13.8 Å². The minimum atomic E-state index is 0.138. The summed E-state index contributed by atoms with van der Waals surface area (Å²) in [5, 5.41) is 9.17. The molecule has 110 valence electrons. The predicted octanol–water partition coefficient (Wildman–Crippen LogP) is 3.10. The summed E-state index contributed by atoms with van der Waals surface area (Å²) < 4.78 is 0. The maximum absolute atomic E-state index is 11.9. The minimum Gasteiger partial charge on any atom is -0.343 e. The number of thioether (sulfide) groups is 1. The summed E-state index contributed by atoms with van der Waals surface area (Å²) in [5.41, 5.74) is 1.88. The lowest BCUT2D eigenvalue weighted by atomic mass is 10.1. The fraction of sp³-hybridized carbons (Fsp3) is 0.312. The zero-order valence-electron chi connectivity index (χ0n) is 12.3. The number of carbonyl (C=O) groups excluding carboxylic acids is 1. The summed E-state index contributed by atoms with van der Waals surface area (Å²) in [6.45, 7) is 5.46. The molecule has 2 rings (SSSR count). The van der Waals surface area contributed by atoms with Crippen LogP contribution in [-0.2, 0) is 4.79 Å². The van der Waals surface area contributed by atoms with Gasteiger partial charge in [0.05, 0.1) is 11.4 Å². The molecular weight excluding hydrogens is 282 g/mol. The van der Waals surface area contributed by atoms with E-state index in [0.29, 0.717) is 5.75 Å². The van der Waals surface area contributed by atoms with E-state index in [-0.39, 0.29) is 5.91 Å². The Morgan fingerprint density at radius 1 is 1.05 bits per heavy atom. The Hall–Kier alpha value is -1.88. The summed E-state index contributed by atoms with van der Waals surface area (Å²) in [7, 11) is 0. The van der Waals surface area contributed by atoms with Gasteiger partial charge in [0.2, 0.25) is 5.91 Å². The molecule has 0 atom stereocenters. The first kappa shape index (κ1) is 15.5. The van der Waals surface area contributed by atoms with Crippen molar-refractivity contribution < 1.29 is 4.79 Å². The second-order valence-corrected chi connectivity index (χ2v) is 5.47. The third-order valence-electron chi connectivity index (χ3n) is 3.17. The molecule has 4 nitrogen and oxygen atoms in total. The van der Waals surface area contributed by atoms with E-state index in [2.05, 4.69) is 10.2 Å². The molecule has 0 aliphatic heterocycles. The van der Waals surface area contributed by atoms with E-state index in [0.717, 1.165) is 29.4 Å². The van der Waals surface area contributed by atoms with E-state index in [4.69, 9.17) is 0 Å². The second-order valence-electron chi connectivity index (χ2n) is 4.48. The van der Waals surface area contributed by atoms with Crippen LogP contribution in [-0.4, -0.2) is 39.8 Å². The summed E-state index contributed by atoms with van der Waals surface area (Å²) in [6, 6.07) is 13.8. The Kier molecular flexibility index (Phi) is 5.75.